The maximum atomic E-state index is 6.33. The first-order valence-electron chi connectivity index (χ1n) is 10.4. The fourth-order valence-corrected chi connectivity index (χ4v) is 9.02. The molecule has 1 aliphatic heterocycles. The Hall–Kier alpha value is -0.733. The quantitative estimate of drug-likeness (QED) is 0.525. The van der Waals surface area contributed by atoms with Gasteiger partial charge >= 0.3 is 8.56 Å². The van der Waals surface area contributed by atoms with Crippen LogP contribution in [0.4, 0.5) is 0 Å². The first-order valence-corrected chi connectivity index (χ1v) is 12.5. The van der Waals surface area contributed by atoms with Crippen molar-refractivity contribution in [2.75, 3.05) is 41.0 Å². The van der Waals surface area contributed by atoms with Gasteiger partial charge in [0.2, 0.25) is 0 Å². The van der Waals surface area contributed by atoms with Crippen LogP contribution in [0.15, 0.2) is 36.4 Å². The molecule has 1 aliphatic rings. The smallest absolute Gasteiger partial charge is 0.372 e. The Morgan fingerprint density at radius 2 is 1.90 bits per heavy atom. The van der Waals surface area contributed by atoms with Gasteiger partial charge in [0.05, 0.1) is 0 Å². The van der Waals surface area contributed by atoms with Gasteiger partial charge in [-0.15, -0.1) is 12.4 Å². The van der Waals surface area contributed by atoms with Gasteiger partial charge in [-0.05, 0) is 30.9 Å². The molecule has 2 atom stereocenters. The van der Waals surface area contributed by atoms with E-state index in [1.807, 2.05) is 13.2 Å². The van der Waals surface area contributed by atoms with Gasteiger partial charge in [0.15, 0.2) is 0 Å². The van der Waals surface area contributed by atoms with Gasteiger partial charge in [0, 0.05) is 47.0 Å². The average molecular weight is 443 g/mol. The van der Waals surface area contributed by atoms with Crippen LogP contribution in [0.3, 0.4) is 0 Å². The first-order chi connectivity index (χ1) is 13.6. The number of halogens is 1. The SMILES string of the molecule is CCCC1(OC)C(N(CC=Cc2ccccc2)CCN)CCC[Si]1(OC)OC.Cl. The van der Waals surface area contributed by atoms with E-state index in [4.69, 9.17) is 19.3 Å². The molecule has 166 valence electrons. The molecule has 1 fully saturated rings. The number of nitrogens with zero attached hydrogens (tertiary/aromatic N) is 1. The Kier molecular flexibility index (Phi) is 11.7. The largest absolute Gasteiger partial charge is 0.396 e. The molecule has 0 spiro atoms. The van der Waals surface area contributed by atoms with Crippen molar-refractivity contribution in [1.82, 2.24) is 4.90 Å². The monoisotopic (exact) mass is 442 g/mol. The Bertz CT molecular complexity index is 601. The molecule has 2 N–H and O–H groups in total. The van der Waals surface area contributed by atoms with Crippen LogP contribution in [0.2, 0.25) is 6.04 Å². The van der Waals surface area contributed by atoms with Crippen molar-refractivity contribution < 1.29 is 13.6 Å². The van der Waals surface area contributed by atoms with Crippen molar-refractivity contribution in [2.45, 2.75) is 49.9 Å². The molecule has 29 heavy (non-hydrogen) atoms. The predicted molar refractivity (Wildman–Crippen MR) is 126 cm³/mol. The van der Waals surface area contributed by atoms with E-state index in [2.05, 4.69) is 48.2 Å². The van der Waals surface area contributed by atoms with Crippen molar-refractivity contribution in [2.24, 2.45) is 5.73 Å². The number of benzene rings is 1. The minimum Gasteiger partial charge on any atom is -0.396 e. The normalized spacial score (nSPS) is 24.0. The molecular weight excluding hydrogens is 404 g/mol. The molecule has 2 unspecified atom stereocenters. The maximum absolute atomic E-state index is 6.33. The third-order valence-corrected chi connectivity index (χ3v) is 10.5. The summed E-state index contributed by atoms with van der Waals surface area (Å²) >= 11 is 0. The second-order valence-corrected chi connectivity index (χ2v) is 11.2. The molecule has 1 saturated heterocycles. The summed E-state index contributed by atoms with van der Waals surface area (Å²) in [6.45, 7) is 4.50. The molecule has 0 amide bonds. The summed E-state index contributed by atoms with van der Waals surface area (Å²) in [4.78, 5) is 2.47. The summed E-state index contributed by atoms with van der Waals surface area (Å²) in [5, 5.41) is -0.390. The topological polar surface area (TPSA) is 57.0 Å². The number of methoxy groups -OCH3 is 1. The zero-order valence-corrected chi connectivity index (χ0v) is 20.2. The van der Waals surface area contributed by atoms with Crippen molar-refractivity contribution in [3.63, 3.8) is 0 Å². The van der Waals surface area contributed by atoms with E-state index in [-0.39, 0.29) is 23.7 Å². The Labute approximate surface area is 184 Å². The van der Waals surface area contributed by atoms with Crippen LogP contribution in [0.5, 0.6) is 0 Å². The molecule has 0 aliphatic carbocycles. The van der Waals surface area contributed by atoms with Crippen LogP contribution in [0.1, 0.15) is 38.2 Å². The van der Waals surface area contributed by atoms with Crippen LogP contribution in [-0.4, -0.2) is 65.7 Å². The minimum absolute atomic E-state index is 0. The molecule has 2 rings (SSSR count). The second-order valence-electron chi connectivity index (χ2n) is 7.51. The standard InChI is InChI=1S/C22H38N2O3Si.ClH/c1-5-15-22(25-2)21(14-10-19-28(22,26-3)27-4)24(18-16-23)17-9-13-20-11-7-6-8-12-20;/h6-9,11-13,21H,5,10,14-19,23H2,1-4H3;1H. The van der Waals surface area contributed by atoms with Crippen LogP contribution in [0.25, 0.3) is 6.08 Å². The zero-order valence-electron chi connectivity index (χ0n) is 18.4. The Morgan fingerprint density at radius 3 is 2.45 bits per heavy atom. The van der Waals surface area contributed by atoms with Crippen LogP contribution in [0, 0.1) is 0 Å². The lowest BCUT2D eigenvalue weighted by Crippen LogP contribution is -2.73. The predicted octanol–water partition coefficient (Wildman–Crippen LogP) is 4.00. The van der Waals surface area contributed by atoms with E-state index in [9.17, 15) is 0 Å². The second kappa shape index (κ2) is 12.8. The van der Waals surface area contributed by atoms with E-state index >= 15 is 0 Å². The fourth-order valence-electron chi connectivity index (χ4n) is 4.89. The lowest BCUT2D eigenvalue weighted by atomic mass is 9.97. The molecule has 0 aromatic heterocycles. The minimum atomic E-state index is -2.52. The molecule has 0 saturated carbocycles. The van der Waals surface area contributed by atoms with Crippen molar-refractivity contribution >= 4 is 27.0 Å². The highest BCUT2D eigenvalue weighted by Gasteiger charge is 2.64. The summed E-state index contributed by atoms with van der Waals surface area (Å²) in [7, 11) is 2.90. The lowest BCUT2D eigenvalue weighted by Gasteiger charge is -2.55. The van der Waals surface area contributed by atoms with Crippen molar-refractivity contribution in [3.05, 3.63) is 42.0 Å². The van der Waals surface area contributed by atoms with E-state index < -0.39 is 8.56 Å². The molecule has 0 bridgehead atoms. The fraction of sp³-hybridized carbons (Fsp3) is 0.636. The molecule has 7 heteroatoms. The number of hydrogen-bond donors (Lipinski definition) is 1. The van der Waals surface area contributed by atoms with E-state index in [1.54, 1.807) is 14.2 Å². The summed E-state index contributed by atoms with van der Waals surface area (Å²) in [5.41, 5.74) is 7.21. The summed E-state index contributed by atoms with van der Waals surface area (Å²) in [6, 6.07) is 11.6. The molecule has 0 radical (unpaired) electrons. The Balaban J connectivity index is 0.00000420. The van der Waals surface area contributed by atoms with Gasteiger partial charge < -0.3 is 19.3 Å². The highest BCUT2D eigenvalue weighted by atomic mass is 35.5. The van der Waals surface area contributed by atoms with Crippen LogP contribution < -0.4 is 5.73 Å². The van der Waals surface area contributed by atoms with E-state index in [0.29, 0.717) is 6.54 Å². The van der Waals surface area contributed by atoms with E-state index in [0.717, 1.165) is 44.8 Å². The van der Waals surface area contributed by atoms with Gasteiger partial charge in [-0.3, -0.25) is 4.90 Å². The number of ether oxygens (including phenoxy) is 1. The molecule has 1 aromatic carbocycles. The summed E-state index contributed by atoms with van der Waals surface area (Å²) in [5.74, 6) is 0. The van der Waals surface area contributed by atoms with Gasteiger partial charge in [-0.1, -0.05) is 55.8 Å². The van der Waals surface area contributed by atoms with Gasteiger partial charge in [0.25, 0.3) is 0 Å². The Morgan fingerprint density at radius 1 is 1.21 bits per heavy atom. The third-order valence-electron chi connectivity index (χ3n) is 6.12. The number of hydrogen-bond acceptors (Lipinski definition) is 5. The summed E-state index contributed by atoms with van der Waals surface area (Å²) < 4.78 is 18.6. The van der Waals surface area contributed by atoms with Gasteiger partial charge in [-0.2, -0.15) is 0 Å². The van der Waals surface area contributed by atoms with Crippen molar-refractivity contribution in [1.29, 1.82) is 0 Å². The highest BCUT2D eigenvalue weighted by molar-refractivity contribution is 6.71. The van der Waals surface area contributed by atoms with Crippen LogP contribution in [-0.2, 0) is 13.6 Å². The number of nitrogens with two attached hydrogens (primary N) is 1. The first kappa shape index (κ1) is 26.3. The maximum Gasteiger partial charge on any atom is 0.372 e. The van der Waals surface area contributed by atoms with Crippen molar-refractivity contribution in [3.8, 4) is 0 Å². The van der Waals surface area contributed by atoms with Crippen LogP contribution >= 0.6 is 12.4 Å². The molecule has 5 nitrogen and oxygen atoms in total. The molecular formula is C22H39ClN2O3Si. The highest BCUT2D eigenvalue weighted by Crippen LogP contribution is 2.45. The van der Waals surface area contributed by atoms with Gasteiger partial charge in [0.1, 0.15) is 5.22 Å². The summed E-state index contributed by atoms with van der Waals surface area (Å²) in [6.07, 6.45) is 8.55. The van der Waals surface area contributed by atoms with E-state index in [1.165, 1.54) is 5.56 Å². The third kappa shape index (κ3) is 5.70. The molecule has 1 heterocycles. The zero-order chi connectivity index (χ0) is 20.5. The lowest BCUT2D eigenvalue weighted by molar-refractivity contribution is -0.0709. The molecule has 1 aromatic rings. The van der Waals surface area contributed by atoms with Gasteiger partial charge in [-0.25, -0.2) is 0 Å². The average Bonchev–Trinajstić information content (AvgIpc) is 2.74. The number of rotatable bonds is 11.